The minimum absolute atomic E-state index is 0.0593. The molecule has 33 heavy (non-hydrogen) atoms. The van der Waals surface area contributed by atoms with Crippen LogP contribution in [0.3, 0.4) is 0 Å². The lowest BCUT2D eigenvalue weighted by Crippen LogP contribution is -2.28. The van der Waals surface area contributed by atoms with Crippen LogP contribution in [0.15, 0.2) is 66.4 Å². The van der Waals surface area contributed by atoms with Gasteiger partial charge in [-0.3, -0.25) is 4.79 Å². The smallest absolute Gasteiger partial charge is 0.307 e. The van der Waals surface area contributed by atoms with E-state index in [0.29, 0.717) is 13.0 Å². The molecule has 2 aromatic carbocycles. The SMILES string of the molecule is COC(=O)CCN1C(=CC=CC2=[N+](C)c3ccccc3C2(C)C)C(C)(C)c2cc(C)ccc21. The van der Waals surface area contributed by atoms with Crippen LogP contribution >= 0.6 is 0 Å². The summed E-state index contributed by atoms with van der Waals surface area (Å²) in [5.74, 6) is -0.189. The van der Waals surface area contributed by atoms with Gasteiger partial charge in [0.1, 0.15) is 7.05 Å². The summed E-state index contributed by atoms with van der Waals surface area (Å²) in [5, 5.41) is 0. The lowest BCUT2D eigenvalue weighted by Gasteiger charge is -2.26. The van der Waals surface area contributed by atoms with E-state index < -0.39 is 0 Å². The maximum Gasteiger partial charge on any atom is 0.307 e. The molecule has 0 N–H and O–H groups in total. The van der Waals surface area contributed by atoms with Crippen LogP contribution in [-0.4, -0.2) is 37.0 Å². The van der Waals surface area contributed by atoms with Crippen molar-refractivity contribution in [1.29, 1.82) is 0 Å². The quantitative estimate of drug-likeness (QED) is 0.432. The molecule has 0 atom stereocenters. The third kappa shape index (κ3) is 3.82. The second kappa shape index (κ2) is 8.33. The Labute approximate surface area is 197 Å². The van der Waals surface area contributed by atoms with Gasteiger partial charge in [0.05, 0.1) is 18.9 Å². The van der Waals surface area contributed by atoms with E-state index >= 15 is 0 Å². The van der Waals surface area contributed by atoms with E-state index in [2.05, 4.69) is 112 Å². The van der Waals surface area contributed by atoms with Gasteiger partial charge in [0.25, 0.3) is 0 Å². The lowest BCUT2D eigenvalue weighted by atomic mass is 9.81. The molecule has 0 aliphatic carbocycles. The number of rotatable bonds is 5. The fraction of sp³-hybridized carbons (Fsp3) is 0.379. The molecular weight excluding hydrogens is 408 g/mol. The fourth-order valence-electron chi connectivity index (χ4n) is 5.37. The van der Waals surface area contributed by atoms with E-state index in [9.17, 15) is 4.79 Å². The van der Waals surface area contributed by atoms with Gasteiger partial charge in [-0.2, -0.15) is 4.58 Å². The molecule has 0 radical (unpaired) electrons. The molecule has 4 heteroatoms. The van der Waals surface area contributed by atoms with Crippen LogP contribution in [-0.2, 0) is 20.4 Å². The summed E-state index contributed by atoms with van der Waals surface area (Å²) in [6.45, 7) is 11.8. The lowest BCUT2D eigenvalue weighted by molar-refractivity contribution is -0.401. The summed E-state index contributed by atoms with van der Waals surface area (Å²) in [6.07, 6.45) is 6.96. The molecule has 2 aliphatic heterocycles. The van der Waals surface area contributed by atoms with E-state index in [1.54, 1.807) is 0 Å². The number of benzene rings is 2. The van der Waals surface area contributed by atoms with Gasteiger partial charge in [-0.1, -0.05) is 55.8 Å². The fourth-order valence-corrected chi connectivity index (χ4v) is 5.37. The van der Waals surface area contributed by atoms with Crippen LogP contribution in [0, 0.1) is 6.92 Å². The number of fused-ring (bicyclic) bond motifs is 2. The van der Waals surface area contributed by atoms with Crippen molar-refractivity contribution < 1.29 is 14.1 Å². The Morgan fingerprint density at radius 1 is 1.06 bits per heavy atom. The summed E-state index contributed by atoms with van der Waals surface area (Å²) in [4.78, 5) is 14.2. The zero-order valence-corrected chi connectivity index (χ0v) is 20.9. The Balaban J connectivity index is 1.72. The van der Waals surface area contributed by atoms with E-state index in [4.69, 9.17) is 4.74 Å². The van der Waals surface area contributed by atoms with Gasteiger partial charge in [0.2, 0.25) is 5.69 Å². The van der Waals surface area contributed by atoms with Gasteiger partial charge in [0, 0.05) is 41.1 Å². The average molecular weight is 444 g/mol. The van der Waals surface area contributed by atoms with E-state index in [1.807, 2.05) is 0 Å². The highest BCUT2D eigenvalue weighted by Gasteiger charge is 2.43. The second-order valence-electron chi connectivity index (χ2n) is 10.1. The highest BCUT2D eigenvalue weighted by molar-refractivity contribution is 6.03. The number of hydrogen-bond acceptors (Lipinski definition) is 3. The Morgan fingerprint density at radius 2 is 1.79 bits per heavy atom. The molecule has 0 saturated heterocycles. The second-order valence-corrected chi connectivity index (χ2v) is 10.1. The molecule has 4 rings (SSSR count). The van der Waals surface area contributed by atoms with Crippen LogP contribution < -0.4 is 4.90 Å². The monoisotopic (exact) mass is 443 g/mol. The number of esters is 1. The number of ether oxygens (including phenoxy) is 1. The molecule has 2 aromatic rings. The van der Waals surface area contributed by atoms with Crippen molar-refractivity contribution in [3.63, 3.8) is 0 Å². The molecule has 4 nitrogen and oxygen atoms in total. The predicted molar refractivity (Wildman–Crippen MR) is 136 cm³/mol. The molecule has 0 aromatic heterocycles. The van der Waals surface area contributed by atoms with E-state index in [1.165, 1.54) is 46.6 Å². The topological polar surface area (TPSA) is 32.5 Å². The first-order valence-electron chi connectivity index (χ1n) is 11.6. The van der Waals surface area contributed by atoms with Crippen molar-refractivity contribution in [2.75, 3.05) is 25.6 Å². The molecule has 0 unspecified atom stereocenters. The van der Waals surface area contributed by atoms with Crippen LogP contribution in [0.2, 0.25) is 0 Å². The van der Waals surface area contributed by atoms with Crippen molar-refractivity contribution in [3.05, 3.63) is 83.1 Å². The largest absolute Gasteiger partial charge is 0.469 e. The number of carbonyl (C=O) groups excluding carboxylic acids is 1. The van der Waals surface area contributed by atoms with Crippen LogP contribution in [0.1, 0.15) is 50.8 Å². The minimum Gasteiger partial charge on any atom is -0.469 e. The van der Waals surface area contributed by atoms with E-state index in [-0.39, 0.29) is 16.8 Å². The van der Waals surface area contributed by atoms with Gasteiger partial charge in [-0.25, -0.2) is 0 Å². The van der Waals surface area contributed by atoms with Gasteiger partial charge in [-0.15, -0.1) is 0 Å². The van der Waals surface area contributed by atoms with Crippen LogP contribution in [0.4, 0.5) is 11.4 Å². The number of aryl methyl sites for hydroxylation is 1. The average Bonchev–Trinajstić information content (AvgIpc) is 3.11. The van der Waals surface area contributed by atoms with Gasteiger partial charge >= 0.3 is 5.97 Å². The van der Waals surface area contributed by atoms with Gasteiger partial charge in [0.15, 0.2) is 5.71 Å². The first kappa shape index (κ1) is 23.0. The van der Waals surface area contributed by atoms with Crippen LogP contribution in [0.25, 0.3) is 0 Å². The molecule has 0 fully saturated rings. The number of carbonyl (C=O) groups is 1. The highest BCUT2D eigenvalue weighted by atomic mass is 16.5. The summed E-state index contributed by atoms with van der Waals surface area (Å²) in [5.41, 5.74) is 8.57. The number of para-hydroxylation sites is 1. The molecule has 2 aliphatic rings. The molecular formula is C29H35N2O2+. The molecule has 172 valence electrons. The van der Waals surface area contributed by atoms with Crippen molar-refractivity contribution in [3.8, 4) is 0 Å². The molecule has 2 heterocycles. The Bertz CT molecular complexity index is 1200. The van der Waals surface area contributed by atoms with Crippen molar-refractivity contribution in [1.82, 2.24) is 0 Å². The predicted octanol–water partition coefficient (Wildman–Crippen LogP) is 5.80. The number of nitrogens with zero attached hydrogens (tertiary/aromatic N) is 2. The third-order valence-electron chi connectivity index (χ3n) is 7.26. The number of anilines is 1. The highest BCUT2D eigenvalue weighted by Crippen LogP contribution is 2.48. The maximum atomic E-state index is 11.9. The zero-order chi connectivity index (χ0) is 24.0. The van der Waals surface area contributed by atoms with Crippen molar-refractivity contribution in [2.45, 2.75) is 51.9 Å². The standard InChI is InChI=1S/C29H35N2O2/c1-20-15-16-24-22(19-20)29(4,5)26(31(24)18-17-27(32)33-7)14-10-13-25-28(2,3)21-11-8-9-12-23(21)30(25)6/h8-16,19H,17-18H2,1-7H3/q+1. The molecule has 0 spiro atoms. The zero-order valence-electron chi connectivity index (χ0n) is 20.9. The number of methoxy groups -OCH3 is 1. The molecule has 0 saturated carbocycles. The minimum atomic E-state index is -0.189. The summed E-state index contributed by atoms with van der Waals surface area (Å²) in [7, 11) is 3.59. The first-order valence-corrected chi connectivity index (χ1v) is 11.6. The number of hydrogen-bond donors (Lipinski definition) is 0. The molecule has 0 bridgehead atoms. The van der Waals surface area contributed by atoms with E-state index in [0.717, 1.165) is 0 Å². The summed E-state index contributed by atoms with van der Waals surface area (Å²) in [6, 6.07) is 15.2. The third-order valence-corrected chi connectivity index (χ3v) is 7.26. The Kier molecular flexibility index (Phi) is 5.81. The Morgan fingerprint density at radius 3 is 2.48 bits per heavy atom. The summed E-state index contributed by atoms with van der Waals surface area (Å²) >= 11 is 0. The first-order chi connectivity index (χ1) is 15.6. The van der Waals surface area contributed by atoms with Crippen molar-refractivity contribution >= 4 is 23.1 Å². The summed E-state index contributed by atoms with van der Waals surface area (Å²) < 4.78 is 7.20. The maximum absolute atomic E-state index is 11.9. The normalized spacial score (nSPS) is 19.4. The molecule has 0 amide bonds. The Hall–Kier alpha value is -3.14. The van der Waals surface area contributed by atoms with Gasteiger partial charge in [-0.05, 0) is 38.5 Å². The van der Waals surface area contributed by atoms with Crippen LogP contribution in [0.5, 0.6) is 0 Å². The number of allylic oxidation sites excluding steroid dienone is 4. The van der Waals surface area contributed by atoms with Crippen molar-refractivity contribution in [2.24, 2.45) is 0 Å². The van der Waals surface area contributed by atoms with Gasteiger partial charge < -0.3 is 9.64 Å².